The topological polar surface area (TPSA) is 38.2 Å². The van der Waals surface area contributed by atoms with Crippen molar-refractivity contribution >= 4 is 45.7 Å². The highest BCUT2D eigenvalue weighted by atomic mass is 35.6. The zero-order chi connectivity index (χ0) is 14.8. The molecule has 0 saturated carbocycles. The maximum atomic E-state index is 5.86. The van der Waals surface area contributed by atoms with Crippen molar-refractivity contribution in [2.24, 2.45) is 0 Å². The first-order chi connectivity index (χ1) is 9.38. The van der Waals surface area contributed by atoms with Gasteiger partial charge in [-0.3, -0.25) is 0 Å². The molecule has 0 aliphatic carbocycles. The molecule has 108 valence electrons. The first-order valence-corrected chi connectivity index (χ1v) is 7.13. The number of benzene rings is 1. The van der Waals surface area contributed by atoms with Crippen molar-refractivity contribution in [1.82, 2.24) is 14.9 Å². The molecular weight excluding hydrogens is 321 g/mol. The molecule has 0 atom stereocenters. The van der Waals surface area contributed by atoms with E-state index in [9.17, 15) is 0 Å². The van der Waals surface area contributed by atoms with Crippen molar-refractivity contribution < 1.29 is 4.74 Å². The van der Waals surface area contributed by atoms with Crippen molar-refractivity contribution in [2.75, 3.05) is 27.2 Å². The summed E-state index contributed by atoms with van der Waals surface area (Å²) in [6.45, 7) is 1.26. The van der Waals surface area contributed by atoms with Crippen LogP contribution >= 0.6 is 34.8 Å². The van der Waals surface area contributed by atoms with E-state index < -0.39 is 3.79 Å². The van der Waals surface area contributed by atoms with Gasteiger partial charge in [-0.2, -0.15) is 4.98 Å². The molecule has 0 aliphatic heterocycles. The van der Waals surface area contributed by atoms with Gasteiger partial charge in [0.25, 0.3) is 0 Å². The molecular formula is C13H14Cl3N3O. The van der Waals surface area contributed by atoms with Gasteiger partial charge in [0.15, 0.2) is 5.82 Å². The van der Waals surface area contributed by atoms with Gasteiger partial charge in [0.05, 0.1) is 10.9 Å². The molecule has 7 heteroatoms. The van der Waals surface area contributed by atoms with Crippen LogP contribution in [-0.2, 0) is 3.79 Å². The Kier molecular flexibility index (Phi) is 4.91. The Morgan fingerprint density at radius 3 is 2.50 bits per heavy atom. The Bertz CT molecular complexity index is 599. The molecule has 1 aromatic carbocycles. The number of alkyl halides is 3. The third-order valence-electron chi connectivity index (χ3n) is 2.60. The summed E-state index contributed by atoms with van der Waals surface area (Å²) >= 11 is 17.6. The van der Waals surface area contributed by atoms with Crippen LogP contribution in [0.3, 0.4) is 0 Å². The van der Waals surface area contributed by atoms with Crippen LogP contribution in [0.25, 0.3) is 10.9 Å². The second-order valence-electron chi connectivity index (χ2n) is 4.52. The number of fused-ring (bicyclic) bond motifs is 1. The minimum Gasteiger partial charge on any atom is -0.476 e. The Labute approximate surface area is 132 Å². The van der Waals surface area contributed by atoms with Gasteiger partial charge in [-0.05, 0) is 26.2 Å². The first kappa shape index (κ1) is 15.6. The van der Waals surface area contributed by atoms with Gasteiger partial charge in [-0.1, -0.05) is 46.9 Å². The summed E-state index contributed by atoms with van der Waals surface area (Å²) in [7, 11) is 3.93. The fourth-order valence-corrected chi connectivity index (χ4v) is 1.86. The van der Waals surface area contributed by atoms with Crippen LogP contribution in [0.1, 0.15) is 5.82 Å². The Morgan fingerprint density at radius 1 is 1.15 bits per heavy atom. The lowest BCUT2D eigenvalue weighted by atomic mass is 10.2. The highest BCUT2D eigenvalue weighted by Gasteiger charge is 2.28. The van der Waals surface area contributed by atoms with Gasteiger partial charge in [0.2, 0.25) is 9.67 Å². The average molecular weight is 335 g/mol. The Hall–Kier alpha value is -0.810. The van der Waals surface area contributed by atoms with E-state index in [0.29, 0.717) is 18.0 Å². The SMILES string of the molecule is CN(C)CCOc1nc(C(Cl)(Cl)Cl)nc2ccccc12. The Balaban J connectivity index is 2.39. The number of halogens is 3. The second-order valence-corrected chi connectivity index (χ2v) is 6.80. The van der Waals surface area contributed by atoms with Crippen molar-refractivity contribution in [3.63, 3.8) is 0 Å². The van der Waals surface area contributed by atoms with Gasteiger partial charge in [-0.25, -0.2) is 4.98 Å². The lowest BCUT2D eigenvalue weighted by molar-refractivity contribution is 0.255. The number of likely N-dealkylation sites (N-methyl/N-ethyl adjacent to an activating group) is 1. The summed E-state index contributed by atoms with van der Waals surface area (Å²) in [5, 5.41) is 0.796. The zero-order valence-corrected chi connectivity index (χ0v) is 13.4. The van der Waals surface area contributed by atoms with Crippen LogP contribution < -0.4 is 4.74 Å². The highest BCUT2D eigenvalue weighted by molar-refractivity contribution is 6.66. The minimum absolute atomic E-state index is 0.112. The number of aromatic nitrogens is 2. The number of rotatable bonds is 4. The monoisotopic (exact) mass is 333 g/mol. The number of hydrogen-bond acceptors (Lipinski definition) is 4. The lowest BCUT2D eigenvalue weighted by Gasteiger charge is -2.15. The summed E-state index contributed by atoms with van der Waals surface area (Å²) < 4.78 is 4.02. The normalized spacial score (nSPS) is 12.1. The van der Waals surface area contributed by atoms with Gasteiger partial charge in [0, 0.05) is 6.54 Å². The van der Waals surface area contributed by atoms with Crippen LogP contribution in [0.4, 0.5) is 0 Å². The van der Waals surface area contributed by atoms with E-state index in [1.54, 1.807) is 0 Å². The number of hydrogen-bond donors (Lipinski definition) is 0. The molecule has 1 aromatic heterocycles. The van der Waals surface area contributed by atoms with Crippen molar-refractivity contribution in [3.05, 3.63) is 30.1 Å². The lowest BCUT2D eigenvalue weighted by Crippen LogP contribution is -2.20. The molecule has 0 unspecified atom stereocenters. The van der Waals surface area contributed by atoms with E-state index in [1.165, 1.54) is 0 Å². The van der Waals surface area contributed by atoms with Crippen LogP contribution in [0, 0.1) is 0 Å². The molecule has 1 heterocycles. The third-order valence-corrected chi connectivity index (χ3v) is 3.11. The summed E-state index contributed by atoms with van der Waals surface area (Å²) in [6, 6.07) is 7.46. The molecule has 20 heavy (non-hydrogen) atoms. The van der Waals surface area contributed by atoms with E-state index in [1.807, 2.05) is 43.3 Å². The quantitative estimate of drug-likeness (QED) is 0.803. The van der Waals surface area contributed by atoms with Gasteiger partial charge in [0.1, 0.15) is 6.61 Å². The fraction of sp³-hybridized carbons (Fsp3) is 0.385. The van der Waals surface area contributed by atoms with E-state index in [4.69, 9.17) is 39.5 Å². The van der Waals surface area contributed by atoms with Crippen molar-refractivity contribution in [1.29, 1.82) is 0 Å². The van der Waals surface area contributed by atoms with Gasteiger partial charge in [-0.15, -0.1) is 0 Å². The molecule has 0 radical (unpaired) electrons. The molecule has 0 N–H and O–H groups in total. The van der Waals surface area contributed by atoms with Crippen LogP contribution in [0.15, 0.2) is 24.3 Å². The summed E-state index contributed by atoms with van der Waals surface area (Å²) in [6.07, 6.45) is 0. The largest absolute Gasteiger partial charge is 0.476 e. The van der Waals surface area contributed by atoms with Gasteiger partial charge < -0.3 is 9.64 Å². The van der Waals surface area contributed by atoms with Crippen molar-refractivity contribution in [3.8, 4) is 5.88 Å². The van der Waals surface area contributed by atoms with E-state index in [2.05, 4.69) is 9.97 Å². The van der Waals surface area contributed by atoms with Gasteiger partial charge >= 0.3 is 0 Å². The van der Waals surface area contributed by atoms with E-state index in [0.717, 1.165) is 11.9 Å². The molecule has 0 amide bonds. The molecule has 4 nitrogen and oxygen atoms in total. The van der Waals surface area contributed by atoms with Crippen LogP contribution in [-0.4, -0.2) is 42.1 Å². The zero-order valence-electron chi connectivity index (χ0n) is 11.1. The standard InChI is InChI=1S/C13H14Cl3N3O/c1-19(2)7-8-20-11-9-5-3-4-6-10(9)17-12(18-11)13(14,15)16/h3-6H,7-8H2,1-2H3. The molecule has 0 aliphatic rings. The van der Waals surface area contributed by atoms with Crippen LogP contribution in [0.2, 0.25) is 0 Å². The summed E-state index contributed by atoms with van der Waals surface area (Å²) in [5.41, 5.74) is 0.684. The summed E-state index contributed by atoms with van der Waals surface area (Å²) in [5.74, 6) is 0.542. The smallest absolute Gasteiger partial charge is 0.250 e. The predicted molar refractivity (Wildman–Crippen MR) is 82.8 cm³/mol. The first-order valence-electron chi connectivity index (χ1n) is 5.99. The second kappa shape index (κ2) is 6.31. The summed E-state index contributed by atoms with van der Waals surface area (Å²) in [4.78, 5) is 10.5. The number of ether oxygens (including phenoxy) is 1. The van der Waals surface area contributed by atoms with E-state index in [-0.39, 0.29) is 5.82 Å². The highest BCUT2D eigenvalue weighted by Crippen LogP contribution is 2.37. The number of para-hydroxylation sites is 1. The predicted octanol–water partition coefficient (Wildman–Crippen LogP) is 3.40. The molecule has 2 aromatic rings. The van der Waals surface area contributed by atoms with E-state index >= 15 is 0 Å². The van der Waals surface area contributed by atoms with Crippen LogP contribution in [0.5, 0.6) is 5.88 Å². The minimum atomic E-state index is -1.68. The maximum Gasteiger partial charge on any atom is 0.250 e. The molecule has 2 rings (SSSR count). The molecule has 0 saturated heterocycles. The molecule has 0 bridgehead atoms. The molecule has 0 spiro atoms. The number of nitrogens with zero attached hydrogens (tertiary/aromatic N) is 3. The third kappa shape index (κ3) is 3.85. The maximum absolute atomic E-state index is 5.86. The Morgan fingerprint density at radius 2 is 1.85 bits per heavy atom. The fourth-order valence-electron chi connectivity index (χ4n) is 1.61. The molecule has 0 fully saturated rings. The van der Waals surface area contributed by atoms with Crippen molar-refractivity contribution in [2.45, 2.75) is 3.79 Å². The average Bonchev–Trinajstić information content (AvgIpc) is 2.37.